The summed E-state index contributed by atoms with van der Waals surface area (Å²) < 4.78 is 0. The molecule has 1 N–H and O–H groups in total. The van der Waals surface area contributed by atoms with Gasteiger partial charge in [0.2, 0.25) is 0 Å². The highest BCUT2D eigenvalue weighted by Gasteiger charge is 2.26. The number of nitrogens with zero attached hydrogens (tertiary/aromatic N) is 5. The van der Waals surface area contributed by atoms with Crippen molar-refractivity contribution < 1.29 is 0 Å². The quantitative estimate of drug-likeness (QED) is 0.934. The molecule has 0 radical (unpaired) electrons. The van der Waals surface area contributed by atoms with Crippen LogP contribution in [0.5, 0.6) is 0 Å². The van der Waals surface area contributed by atoms with Gasteiger partial charge < -0.3 is 5.32 Å². The highest BCUT2D eigenvalue weighted by molar-refractivity contribution is 5.36. The Morgan fingerprint density at radius 3 is 2.95 bits per heavy atom. The fourth-order valence-corrected chi connectivity index (χ4v) is 3.02. The van der Waals surface area contributed by atoms with Crippen LogP contribution in [0.2, 0.25) is 0 Å². The number of anilines is 1. The molecule has 1 atom stereocenters. The first-order chi connectivity index (χ1) is 10.8. The molecule has 6 heteroatoms. The Morgan fingerprint density at radius 2 is 2.18 bits per heavy atom. The summed E-state index contributed by atoms with van der Waals surface area (Å²) in [5.74, 6) is 1.69. The van der Waals surface area contributed by atoms with E-state index in [2.05, 4.69) is 36.2 Å². The Kier molecular flexibility index (Phi) is 4.58. The lowest BCUT2D eigenvalue weighted by Gasteiger charge is -2.35. The first-order valence-corrected chi connectivity index (χ1v) is 7.78. The van der Waals surface area contributed by atoms with Crippen molar-refractivity contribution in [3.63, 3.8) is 0 Å². The van der Waals surface area contributed by atoms with Gasteiger partial charge in [0, 0.05) is 38.2 Å². The molecule has 0 saturated carbocycles. The van der Waals surface area contributed by atoms with Crippen LogP contribution in [0.15, 0.2) is 24.7 Å². The zero-order valence-electron chi connectivity index (χ0n) is 13.2. The predicted octanol–water partition coefficient (Wildman–Crippen LogP) is 2.34. The summed E-state index contributed by atoms with van der Waals surface area (Å²) in [7, 11) is 1.89. The van der Waals surface area contributed by atoms with E-state index < -0.39 is 0 Å². The molecule has 0 aromatic carbocycles. The van der Waals surface area contributed by atoms with Gasteiger partial charge in [-0.25, -0.2) is 9.97 Å². The van der Waals surface area contributed by atoms with Crippen molar-refractivity contribution in [2.45, 2.75) is 38.8 Å². The van der Waals surface area contributed by atoms with Crippen molar-refractivity contribution in [3.05, 3.63) is 41.9 Å². The van der Waals surface area contributed by atoms with Crippen LogP contribution >= 0.6 is 0 Å². The van der Waals surface area contributed by atoms with Gasteiger partial charge in [-0.2, -0.15) is 0 Å². The van der Waals surface area contributed by atoms with Crippen molar-refractivity contribution >= 4 is 5.82 Å². The van der Waals surface area contributed by atoms with Crippen molar-refractivity contribution in [1.82, 2.24) is 24.8 Å². The third kappa shape index (κ3) is 3.39. The van der Waals surface area contributed by atoms with Gasteiger partial charge in [-0.1, -0.05) is 6.42 Å². The molecule has 0 aliphatic carbocycles. The van der Waals surface area contributed by atoms with Gasteiger partial charge in [-0.3, -0.25) is 14.9 Å². The van der Waals surface area contributed by atoms with E-state index in [1.165, 1.54) is 12.8 Å². The first-order valence-electron chi connectivity index (χ1n) is 7.78. The average Bonchev–Trinajstić information content (AvgIpc) is 2.55. The highest BCUT2D eigenvalue weighted by Crippen LogP contribution is 2.31. The smallest absolute Gasteiger partial charge is 0.129 e. The molecule has 22 heavy (non-hydrogen) atoms. The summed E-state index contributed by atoms with van der Waals surface area (Å²) in [6.07, 6.45) is 8.89. The summed E-state index contributed by atoms with van der Waals surface area (Å²) >= 11 is 0. The van der Waals surface area contributed by atoms with Gasteiger partial charge >= 0.3 is 0 Å². The summed E-state index contributed by atoms with van der Waals surface area (Å²) in [6.45, 7) is 3.83. The van der Waals surface area contributed by atoms with E-state index in [-0.39, 0.29) is 0 Å². The standard InChI is InChI=1S/C16H22N6/c1-12-20-14(9-16(17-2)21-12)15-5-3-4-8-22(15)11-13-10-18-6-7-19-13/h6-7,9-10,15H,3-5,8,11H2,1-2H3,(H,17,20,21). The van der Waals surface area contributed by atoms with Crippen LogP contribution in [0.1, 0.15) is 42.5 Å². The minimum absolute atomic E-state index is 0.324. The van der Waals surface area contributed by atoms with Crippen LogP contribution in [0.25, 0.3) is 0 Å². The van der Waals surface area contributed by atoms with Gasteiger partial charge in [0.1, 0.15) is 11.6 Å². The maximum absolute atomic E-state index is 4.67. The van der Waals surface area contributed by atoms with E-state index in [1.807, 2.05) is 20.2 Å². The molecule has 1 fully saturated rings. The number of aromatic nitrogens is 4. The molecular weight excluding hydrogens is 276 g/mol. The number of nitrogens with one attached hydrogen (secondary N) is 1. The van der Waals surface area contributed by atoms with Gasteiger partial charge in [-0.15, -0.1) is 0 Å². The van der Waals surface area contributed by atoms with Crippen molar-refractivity contribution in [1.29, 1.82) is 0 Å². The monoisotopic (exact) mass is 298 g/mol. The SMILES string of the molecule is CNc1cc(C2CCCCN2Cc2cnccn2)nc(C)n1. The summed E-state index contributed by atoms with van der Waals surface area (Å²) in [5, 5.41) is 3.12. The topological polar surface area (TPSA) is 66.8 Å². The van der Waals surface area contributed by atoms with Crippen LogP contribution in [-0.4, -0.2) is 38.4 Å². The maximum Gasteiger partial charge on any atom is 0.129 e. The molecule has 3 rings (SSSR count). The minimum atomic E-state index is 0.324. The lowest BCUT2D eigenvalue weighted by Crippen LogP contribution is -2.34. The molecule has 1 unspecified atom stereocenters. The van der Waals surface area contributed by atoms with Gasteiger partial charge in [-0.05, 0) is 26.3 Å². The fraction of sp³-hybridized carbons (Fsp3) is 0.500. The normalized spacial score (nSPS) is 19.1. The zero-order valence-corrected chi connectivity index (χ0v) is 13.2. The van der Waals surface area contributed by atoms with Crippen molar-refractivity contribution in [2.75, 3.05) is 18.9 Å². The lowest BCUT2D eigenvalue weighted by molar-refractivity contribution is 0.135. The number of likely N-dealkylation sites (tertiary alicyclic amines) is 1. The molecule has 0 spiro atoms. The number of piperidine rings is 1. The second-order valence-electron chi connectivity index (χ2n) is 5.65. The number of hydrogen-bond acceptors (Lipinski definition) is 6. The van der Waals surface area contributed by atoms with E-state index in [0.717, 1.165) is 42.5 Å². The van der Waals surface area contributed by atoms with Crippen molar-refractivity contribution in [3.8, 4) is 0 Å². The maximum atomic E-state index is 4.67. The van der Waals surface area contributed by atoms with Crippen LogP contribution in [0.4, 0.5) is 5.82 Å². The zero-order chi connectivity index (χ0) is 15.4. The van der Waals surface area contributed by atoms with E-state index in [0.29, 0.717) is 6.04 Å². The Balaban J connectivity index is 1.84. The number of rotatable bonds is 4. The van der Waals surface area contributed by atoms with E-state index in [1.54, 1.807) is 12.4 Å². The van der Waals surface area contributed by atoms with E-state index in [4.69, 9.17) is 0 Å². The fourth-order valence-electron chi connectivity index (χ4n) is 3.02. The third-order valence-electron chi connectivity index (χ3n) is 4.05. The molecular formula is C16H22N6. The van der Waals surface area contributed by atoms with E-state index >= 15 is 0 Å². The Bertz CT molecular complexity index is 615. The van der Waals surface area contributed by atoms with Crippen LogP contribution < -0.4 is 5.32 Å². The van der Waals surface area contributed by atoms with Crippen LogP contribution in [-0.2, 0) is 6.54 Å². The number of aryl methyl sites for hydroxylation is 1. The minimum Gasteiger partial charge on any atom is -0.373 e. The number of hydrogen-bond donors (Lipinski definition) is 1. The molecule has 2 aromatic rings. The predicted molar refractivity (Wildman–Crippen MR) is 85.3 cm³/mol. The Hall–Kier alpha value is -2.08. The summed E-state index contributed by atoms with van der Waals surface area (Å²) in [4.78, 5) is 20.1. The molecule has 0 bridgehead atoms. The molecule has 6 nitrogen and oxygen atoms in total. The Morgan fingerprint density at radius 1 is 1.27 bits per heavy atom. The lowest BCUT2D eigenvalue weighted by atomic mass is 9.98. The third-order valence-corrected chi connectivity index (χ3v) is 4.05. The molecule has 1 aliphatic heterocycles. The highest BCUT2D eigenvalue weighted by atomic mass is 15.2. The molecule has 3 heterocycles. The Labute approximate surface area is 131 Å². The first kappa shape index (κ1) is 14.8. The van der Waals surface area contributed by atoms with Gasteiger partial charge in [0.15, 0.2) is 0 Å². The summed E-state index contributed by atoms with van der Waals surface area (Å²) in [5.41, 5.74) is 2.11. The average molecular weight is 298 g/mol. The molecule has 1 saturated heterocycles. The van der Waals surface area contributed by atoms with Crippen molar-refractivity contribution in [2.24, 2.45) is 0 Å². The molecule has 116 valence electrons. The molecule has 2 aromatic heterocycles. The van der Waals surface area contributed by atoms with Crippen LogP contribution in [0.3, 0.4) is 0 Å². The second-order valence-corrected chi connectivity index (χ2v) is 5.65. The second kappa shape index (κ2) is 6.79. The van der Waals surface area contributed by atoms with Gasteiger partial charge in [0.25, 0.3) is 0 Å². The van der Waals surface area contributed by atoms with Crippen LogP contribution in [0, 0.1) is 6.92 Å². The van der Waals surface area contributed by atoms with Gasteiger partial charge in [0.05, 0.1) is 17.4 Å². The van der Waals surface area contributed by atoms with E-state index in [9.17, 15) is 0 Å². The molecule has 0 amide bonds. The molecule has 1 aliphatic rings. The summed E-state index contributed by atoms with van der Waals surface area (Å²) in [6, 6.07) is 2.39. The largest absolute Gasteiger partial charge is 0.373 e.